The Hall–Kier alpha value is -1.15. The molecule has 0 amide bonds. The summed E-state index contributed by atoms with van der Waals surface area (Å²) in [5.41, 5.74) is 1.69. The average molecular weight is 245 g/mol. The van der Waals surface area contributed by atoms with Crippen LogP contribution in [0.4, 0.5) is 0 Å². The Balaban J connectivity index is 2.12. The van der Waals surface area contributed by atoms with Crippen LogP contribution >= 0.6 is 0 Å². The second-order valence-electron chi connectivity index (χ2n) is 5.94. The van der Waals surface area contributed by atoms with Gasteiger partial charge < -0.3 is 4.90 Å². The average Bonchev–Trinajstić information content (AvgIpc) is 2.34. The minimum absolute atomic E-state index is 0.290. The molecule has 0 bridgehead atoms. The molecule has 2 heteroatoms. The highest BCUT2D eigenvalue weighted by Crippen LogP contribution is 2.38. The zero-order valence-electron chi connectivity index (χ0n) is 11.5. The van der Waals surface area contributed by atoms with Gasteiger partial charge in [0.05, 0.1) is 0 Å². The van der Waals surface area contributed by atoms with E-state index in [0.717, 1.165) is 38.6 Å². The molecule has 18 heavy (non-hydrogen) atoms. The van der Waals surface area contributed by atoms with Crippen LogP contribution in [-0.2, 0) is 11.2 Å². The monoisotopic (exact) mass is 245 g/mol. The number of hydrogen-bond acceptors (Lipinski definition) is 2. The molecule has 0 saturated heterocycles. The topological polar surface area (TPSA) is 20.3 Å². The van der Waals surface area contributed by atoms with Gasteiger partial charge in [-0.2, -0.15) is 0 Å². The van der Waals surface area contributed by atoms with E-state index in [2.05, 4.69) is 49.3 Å². The molecule has 0 unspecified atom stereocenters. The maximum absolute atomic E-state index is 11.5. The second kappa shape index (κ2) is 5.66. The third-order valence-corrected chi connectivity index (χ3v) is 3.94. The molecule has 1 saturated carbocycles. The standard InChI is InChI=1S/C16H23NO/c1-17(2)13-16(10-8-15(18)9-11-16)12-14-6-4-3-5-7-14/h3-7H,8-13H2,1-2H3. The van der Waals surface area contributed by atoms with Gasteiger partial charge in [-0.3, -0.25) is 4.79 Å². The van der Waals surface area contributed by atoms with Crippen molar-refractivity contribution in [2.75, 3.05) is 20.6 Å². The highest BCUT2D eigenvalue weighted by molar-refractivity contribution is 5.79. The lowest BCUT2D eigenvalue weighted by atomic mass is 9.69. The third kappa shape index (κ3) is 3.42. The summed E-state index contributed by atoms with van der Waals surface area (Å²) in [7, 11) is 4.26. The first kappa shape index (κ1) is 13.3. The number of Topliss-reactive ketones (excluding diaryl/α,β-unsaturated/α-hetero) is 1. The molecule has 0 aromatic heterocycles. The molecule has 0 spiro atoms. The zero-order valence-corrected chi connectivity index (χ0v) is 11.5. The Bertz CT molecular complexity index is 387. The summed E-state index contributed by atoms with van der Waals surface area (Å²) in [6.07, 6.45) is 4.71. The molecule has 1 aromatic rings. The summed E-state index contributed by atoms with van der Waals surface area (Å²) in [5.74, 6) is 0.442. The minimum atomic E-state index is 0.290. The van der Waals surface area contributed by atoms with Crippen LogP contribution in [0.5, 0.6) is 0 Å². The van der Waals surface area contributed by atoms with E-state index < -0.39 is 0 Å². The van der Waals surface area contributed by atoms with Gasteiger partial charge in [-0.05, 0) is 44.3 Å². The van der Waals surface area contributed by atoms with Crippen molar-refractivity contribution in [2.24, 2.45) is 5.41 Å². The van der Waals surface area contributed by atoms with Crippen molar-refractivity contribution in [1.82, 2.24) is 4.90 Å². The molecule has 98 valence electrons. The summed E-state index contributed by atoms with van der Waals surface area (Å²) >= 11 is 0. The maximum atomic E-state index is 11.5. The first-order chi connectivity index (χ1) is 8.60. The van der Waals surface area contributed by atoms with E-state index in [1.165, 1.54) is 5.56 Å². The van der Waals surface area contributed by atoms with E-state index in [1.807, 2.05) is 0 Å². The SMILES string of the molecule is CN(C)CC1(Cc2ccccc2)CCC(=O)CC1. The number of carbonyl (C=O) groups excluding carboxylic acids is 1. The molecule has 0 radical (unpaired) electrons. The van der Waals surface area contributed by atoms with Crippen molar-refractivity contribution >= 4 is 5.78 Å². The zero-order chi connectivity index (χ0) is 13.0. The first-order valence-electron chi connectivity index (χ1n) is 6.80. The van der Waals surface area contributed by atoms with Crippen molar-refractivity contribution in [3.8, 4) is 0 Å². The van der Waals surface area contributed by atoms with Crippen molar-refractivity contribution in [3.05, 3.63) is 35.9 Å². The van der Waals surface area contributed by atoms with Gasteiger partial charge in [0.15, 0.2) is 0 Å². The van der Waals surface area contributed by atoms with Gasteiger partial charge in [0.2, 0.25) is 0 Å². The summed E-state index contributed by atoms with van der Waals surface area (Å²) < 4.78 is 0. The quantitative estimate of drug-likeness (QED) is 0.813. The van der Waals surface area contributed by atoms with Gasteiger partial charge in [0, 0.05) is 19.4 Å². The molecule has 1 aromatic carbocycles. The number of benzene rings is 1. The summed E-state index contributed by atoms with van der Waals surface area (Å²) in [5, 5.41) is 0. The number of hydrogen-bond donors (Lipinski definition) is 0. The molecule has 1 aliphatic carbocycles. The molecular weight excluding hydrogens is 222 g/mol. The fourth-order valence-electron chi connectivity index (χ4n) is 3.15. The van der Waals surface area contributed by atoms with Crippen LogP contribution in [0.2, 0.25) is 0 Å². The van der Waals surface area contributed by atoms with Crippen LogP contribution in [0.3, 0.4) is 0 Å². The Morgan fingerprint density at radius 3 is 2.28 bits per heavy atom. The molecule has 0 aliphatic heterocycles. The molecule has 1 aliphatic rings. The van der Waals surface area contributed by atoms with Gasteiger partial charge in [-0.1, -0.05) is 30.3 Å². The van der Waals surface area contributed by atoms with Crippen molar-refractivity contribution in [1.29, 1.82) is 0 Å². The van der Waals surface area contributed by atoms with Gasteiger partial charge in [-0.25, -0.2) is 0 Å². The Morgan fingerprint density at radius 2 is 1.72 bits per heavy atom. The number of ketones is 1. The Kier molecular flexibility index (Phi) is 4.18. The number of carbonyl (C=O) groups is 1. The van der Waals surface area contributed by atoms with Crippen LogP contribution in [-0.4, -0.2) is 31.3 Å². The van der Waals surface area contributed by atoms with Crippen molar-refractivity contribution in [3.63, 3.8) is 0 Å². The van der Waals surface area contributed by atoms with E-state index in [-0.39, 0.29) is 0 Å². The summed E-state index contributed by atoms with van der Waals surface area (Å²) in [4.78, 5) is 13.7. The first-order valence-corrected chi connectivity index (χ1v) is 6.80. The minimum Gasteiger partial charge on any atom is -0.309 e. The van der Waals surface area contributed by atoms with Crippen molar-refractivity contribution < 1.29 is 4.79 Å². The van der Waals surface area contributed by atoms with E-state index in [1.54, 1.807) is 0 Å². The molecule has 0 heterocycles. The van der Waals surface area contributed by atoms with Crippen LogP contribution in [0.15, 0.2) is 30.3 Å². The van der Waals surface area contributed by atoms with E-state index >= 15 is 0 Å². The summed E-state index contributed by atoms with van der Waals surface area (Å²) in [6.45, 7) is 1.08. The largest absolute Gasteiger partial charge is 0.309 e. The third-order valence-electron chi connectivity index (χ3n) is 3.94. The maximum Gasteiger partial charge on any atom is 0.132 e. The van der Waals surface area contributed by atoms with Crippen molar-refractivity contribution in [2.45, 2.75) is 32.1 Å². The highest BCUT2D eigenvalue weighted by Gasteiger charge is 2.35. The Labute approximate surface area is 110 Å². The lowest BCUT2D eigenvalue weighted by Gasteiger charge is -2.39. The second-order valence-corrected chi connectivity index (χ2v) is 5.94. The van der Waals surface area contributed by atoms with Crippen LogP contribution in [0.25, 0.3) is 0 Å². The van der Waals surface area contributed by atoms with Gasteiger partial charge in [-0.15, -0.1) is 0 Å². The molecule has 0 N–H and O–H groups in total. The highest BCUT2D eigenvalue weighted by atomic mass is 16.1. The van der Waals surface area contributed by atoms with Crippen LogP contribution in [0, 0.1) is 5.41 Å². The molecule has 2 nitrogen and oxygen atoms in total. The normalized spacial score (nSPS) is 19.2. The molecule has 0 atom stereocenters. The smallest absolute Gasteiger partial charge is 0.132 e. The predicted octanol–water partition coefficient (Wildman–Crippen LogP) is 2.92. The predicted molar refractivity (Wildman–Crippen MR) is 74.6 cm³/mol. The van der Waals surface area contributed by atoms with Crippen LogP contribution in [0.1, 0.15) is 31.2 Å². The van der Waals surface area contributed by atoms with E-state index in [0.29, 0.717) is 11.2 Å². The molecule has 1 fully saturated rings. The lowest BCUT2D eigenvalue weighted by Crippen LogP contribution is -2.39. The lowest BCUT2D eigenvalue weighted by molar-refractivity contribution is -0.122. The van der Waals surface area contributed by atoms with Gasteiger partial charge in [0.1, 0.15) is 5.78 Å². The fraction of sp³-hybridized carbons (Fsp3) is 0.562. The van der Waals surface area contributed by atoms with Gasteiger partial charge in [0.25, 0.3) is 0 Å². The molecular formula is C16H23NO. The number of rotatable bonds is 4. The molecule has 2 rings (SSSR count). The fourth-order valence-corrected chi connectivity index (χ4v) is 3.15. The van der Waals surface area contributed by atoms with Crippen LogP contribution < -0.4 is 0 Å². The number of nitrogens with zero attached hydrogens (tertiary/aromatic N) is 1. The van der Waals surface area contributed by atoms with E-state index in [4.69, 9.17) is 0 Å². The Morgan fingerprint density at radius 1 is 1.11 bits per heavy atom. The van der Waals surface area contributed by atoms with Gasteiger partial charge >= 0.3 is 0 Å². The van der Waals surface area contributed by atoms with E-state index in [9.17, 15) is 4.79 Å². The summed E-state index contributed by atoms with van der Waals surface area (Å²) in [6, 6.07) is 10.7.